The van der Waals surface area contributed by atoms with E-state index in [1.165, 1.54) is 6.08 Å². The molecule has 6 heteroatoms. The zero-order chi connectivity index (χ0) is 8.04. The Labute approximate surface area is 57.9 Å². The molecule has 0 unspecified atom stereocenters. The van der Waals surface area contributed by atoms with Crippen LogP contribution < -0.4 is 5.32 Å². The van der Waals surface area contributed by atoms with E-state index in [9.17, 15) is 9.36 Å². The average Bonchev–Trinajstić information content (AvgIpc) is 1.78. The summed E-state index contributed by atoms with van der Waals surface area (Å²) in [6.45, 7) is 0.134. The van der Waals surface area contributed by atoms with E-state index in [2.05, 4.69) is 5.32 Å². The number of rotatable bonds is 4. The van der Waals surface area contributed by atoms with E-state index < -0.39 is 7.60 Å². The monoisotopic (exact) mass is 165 g/mol. The molecule has 0 aromatic heterocycles. The number of amides is 1. The van der Waals surface area contributed by atoms with E-state index in [0.29, 0.717) is 6.41 Å². The van der Waals surface area contributed by atoms with Crippen LogP contribution >= 0.6 is 7.60 Å². The van der Waals surface area contributed by atoms with Crippen molar-refractivity contribution in [3.63, 3.8) is 0 Å². The molecule has 0 spiro atoms. The molecule has 0 atom stereocenters. The highest BCUT2D eigenvalue weighted by Crippen LogP contribution is 2.35. The molecule has 0 aromatic carbocycles. The van der Waals surface area contributed by atoms with Crippen molar-refractivity contribution in [3.8, 4) is 0 Å². The van der Waals surface area contributed by atoms with E-state index in [1.54, 1.807) is 0 Å². The summed E-state index contributed by atoms with van der Waals surface area (Å²) in [7, 11) is -4.04. The second kappa shape index (κ2) is 4.22. The Morgan fingerprint density at radius 2 is 2.10 bits per heavy atom. The topological polar surface area (TPSA) is 86.6 Å². The van der Waals surface area contributed by atoms with Crippen LogP contribution in [0.4, 0.5) is 0 Å². The summed E-state index contributed by atoms with van der Waals surface area (Å²) < 4.78 is 10.1. The molecule has 0 radical (unpaired) electrons. The first-order valence-electron chi connectivity index (χ1n) is 2.46. The standard InChI is InChI=1S/C4H8NO4P/c6-4-5-2-1-3-10(7,8)9/h1,3-4H,2H2,(H,5,6)(H2,7,8,9)/b3-1+. The molecule has 0 aliphatic heterocycles. The summed E-state index contributed by atoms with van der Waals surface area (Å²) in [6.07, 6.45) is 1.64. The van der Waals surface area contributed by atoms with Crippen LogP contribution in [0.15, 0.2) is 11.9 Å². The van der Waals surface area contributed by atoms with Gasteiger partial charge in [0.1, 0.15) is 0 Å². The quantitative estimate of drug-likeness (QED) is 0.295. The van der Waals surface area contributed by atoms with Gasteiger partial charge >= 0.3 is 7.60 Å². The molecule has 0 aliphatic carbocycles. The molecule has 3 N–H and O–H groups in total. The van der Waals surface area contributed by atoms with Crippen LogP contribution in [-0.4, -0.2) is 22.7 Å². The first-order chi connectivity index (χ1) is 4.56. The summed E-state index contributed by atoms with van der Waals surface area (Å²) in [5.74, 6) is 0.740. The normalized spacial score (nSPS) is 11.8. The number of carbonyl (C=O) groups excluding carboxylic acids is 1. The van der Waals surface area contributed by atoms with Crippen molar-refractivity contribution in [3.05, 3.63) is 11.9 Å². The van der Waals surface area contributed by atoms with Crippen molar-refractivity contribution in [1.29, 1.82) is 0 Å². The van der Waals surface area contributed by atoms with Gasteiger partial charge in [0, 0.05) is 12.4 Å². The van der Waals surface area contributed by atoms with Crippen LogP contribution in [0.2, 0.25) is 0 Å². The van der Waals surface area contributed by atoms with Gasteiger partial charge in [-0.1, -0.05) is 6.08 Å². The second-order valence-electron chi connectivity index (χ2n) is 1.50. The summed E-state index contributed by atoms with van der Waals surface area (Å²) >= 11 is 0. The lowest BCUT2D eigenvalue weighted by Gasteiger charge is -1.93. The van der Waals surface area contributed by atoms with Gasteiger partial charge in [-0.15, -0.1) is 0 Å². The Morgan fingerprint density at radius 1 is 1.50 bits per heavy atom. The van der Waals surface area contributed by atoms with Crippen LogP contribution in [0.25, 0.3) is 0 Å². The van der Waals surface area contributed by atoms with Gasteiger partial charge in [-0.05, 0) is 0 Å². The third kappa shape index (κ3) is 7.36. The van der Waals surface area contributed by atoms with Gasteiger partial charge in [0.25, 0.3) is 0 Å². The molecule has 58 valence electrons. The fraction of sp³-hybridized carbons (Fsp3) is 0.250. The molecule has 0 aliphatic rings. The number of hydrogen-bond acceptors (Lipinski definition) is 2. The van der Waals surface area contributed by atoms with Gasteiger partial charge in [-0.2, -0.15) is 0 Å². The number of nitrogens with one attached hydrogen (secondary N) is 1. The maximum atomic E-state index is 10.1. The molecule has 0 rings (SSSR count). The average molecular weight is 165 g/mol. The molecule has 0 saturated heterocycles. The Kier molecular flexibility index (Phi) is 3.95. The summed E-state index contributed by atoms with van der Waals surface area (Å²) in [6, 6.07) is 0. The Balaban J connectivity index is 3.57. The van der Waals surface area contributed by atoms with Gasteiger partial charge in [-0.25, -0.2) is 0 Å². The van der Waals surface area contributed by atoms with Crippen molar-refractivity contribution in [2.75, 3.05) is 6.54 Å². The molecule has 0 aromatic rings. The fourth-order valence-electron chi connectivity index (χ4n) is 0.306. The first kappa shape index (κ1) is 9.36. The van der Waals surface area contributed by atoms with Crippen molar-refractivity contribution >= 4 is 14.0 Å². The summed E-state index contributed by atoms with van der Waals surface area (Å²) in [5.41, 5.74) is 0. The summed E-state index contributed by atoms with van der Waals surface area (Å²) in [4.78, 5) is 26.0. The molecule has 5 nitrogen and oxygen atoms in total. The van der Waals surface area contributed by atoms with Crippen molar-refractivity contribution in [2.45, 2.75) is 0 Å². The van der Waals surface area contributed by atoms with Gasteiger partial charge < -0.3 is 15.1 Å². The summed E-state index contributed by atoms with van der Waals surface area (Å²) in [5, 5.41) is 2.21. The molecular formula is C4H8NO4P. The Hall–Kier alpha value is -0.640. The van der Waals surface area contributed by atoms with Crippen molar-refractivity contribution < 1.29 is 19.1 Å². The Bertz CT molecular complexity index is 172. The van der Waals surface area contributed by atoms with Crippen LogP contribution in [-0.2, 0) is 9.36 Å². The minimum absolute atomic E-state index is 0.134. The number of carbonyl (C=O) groups is 1. The first-order valence-corrected chi connectivity index (χ1v) is 4.14. The van der Waals surface area contributed by atoms with Crippen LogP contribution in [0.5, 0.6) is 0 Å². The largest absolute Gasteiger partial charge is 0.355 e. The lowest BCUT2D eigenvalue weighted by molar-refractivity contribution is -0.109. The van der Waals surface area contributed by atoms with Crippen LogP contribution in [0, 0.1) is 0 Å². The molecule has 1 amide bonds. The lowest BCUT2D eigenvalue weighted by Crippen LogP contribution is -2.09. The van der Waals surface area contributed by atoms with E-state index in [-0.39, 0.29) is 6.54 Å². The predicted molar refractivity (Wildman–Crippen MR) is 35.3 cm³/mol. The van der Waals surface area contributed by atoms with Gasteiger partial charge in [-0.3, -0.25) is 9.36 Å². The zero-order valence-electron chi connectivity index (χ0n) is 5.10. The molecular weight excluding hydrogens is 157 g/mol. The van der Waals surface area contributed by atoms with E-state index >= 15 is 0 Å². The van der Waals surface area contributed by atoms with Gasteiger partial charge in [0.2, 0.25) is 6.41 Å². The Morgan fingerprint density at radius 3 is 2.50 bits per heavy atom. The number of hydrogen-bond donors (Lipinski definition) is 3. The van der Waals surface area contributed by atoms with Crippen molar-refractivity contribution in [2.24, 2.45) is 0 Å². The second-order valence-corrected chi connectivity index (χ2v) is 2.98. The maximum Gasteiger partial charge on any atom is 0.348 e. The highest BCUT2D eigenvalue weighted by Gasteiger charge is 2.03. The predicted octanol–water partition coefficient (Wildman–Crippen LogP) is -0.576. The van der Waals surface area contributed by atoms with Gasteiger partial charge in [0.05, 0.1) is 0 Å². The highest BCUT2D eigenvalue weighted by molar-refractivity contribution is 7.55. The molecule has 10 heavy (non-hydrogen) atoms. The smallest absolute Gasteiger partial charge is 0.348 e. The van der Waals surface area contributed by atoms with Crippen LogP contribution in [0.3, 0.4) is 0 Å². The lowest BCUT2D eigenvalue weighted by atomic mass is 10.6. The van der Waals surface area contributed by atoms with Crippen molar-refractivity contribution in [1.82, 2.24) is 5.32 Å². The van der Waals surface area contributed by atoms with Gasteiger partial charge in [0.15, 0.2) is 0 Å². The van der Waals surface area contributed by atoms with E-state index in [4.69, 9.17) is 9.79 Å². The minimum Gasteiger partial charge on any atom is -0.355 e. The molecule has 0 fully saturated rings. The fourth-order valence-corrected chi connectivity index (χ4v) is 0.686. The van der Waals surface area contributed by atoms with E-state index in [0.717, 1.165) is 5.82 Å². The SMILES string of the molecule is O=CNC/C=C/P(=O)(O)O. The molecule has 0 heterocycles. The minimum atomic E-state index is -4.04. The zero-order valence-corrected chi connectivity index (χ0v) is 5.99. The third-order valence-electron chi connectivity index (χ3n) is 0.619. The molecule has 0 bridgehead atoms. The molecule has 0 saturated carbocycles. The van der Waals surface area contributed by atoms with Crippen LogP contribution in [0.1, 0.15) is 0 Å². The maximum absolute atomic E-state index is 10.1. The highest BCUT2D eigenvalue weighted by atomic mass is 31.2. The van der Waals surface area contributed by atoms with E-state index in [1.807, 2.05) is 0 Å². The third-order valence-corrected chi connectivity index (χ3v) is 1.22.